The fraction of sp³-hybridized carbons (Fsp3) is 0.353. The summed E-state index contributed by atoms with van der Waals surface area (Å²) in [6.45, 7) is 4.28. The molecular weight excluding hydrogens is 328 g/mol. The van der Waals surface area contributed by atoms with Crippen molar-refractivity contribution in [2.45, 2.75) is 25.4 Å². The standard InChI is InChI=1S/C17H20N2O4S/c1-11-8-13-6-4-5-7-15(13)19(10-11)17(20)14-9-16(23-12(14)2)24(21,22)18-3/h4-7,9,11,18H,8,10H2,1-3H3. The van der Waals surface area contributed by atoms with E-state index in [4.69, 9.17) is 4.42 Å². The Morgan fingerprint density at radius 1 is 1.33 bits per heavy atom. The van der Waals surface area contributed by atoms with Gasteiger partial charge in [0.15, 0.2) is 0 Å². The van der Waals surface area contributed by atoms with Crippen LogP contribution in [0.4, 0.5) is 5.69 Å². The summed E-state index contributed by atoms with van der Waals surface area (Å²) in [7, 11) is -2.42. The van der Waals surface area contributed by atoms with Crippen molar-refractivity contribution in [1.82, 2.24) is 4.72 Å². The smallest absolute Gasteiger partial charge is 0.273 e. The molecule has 0 aliphatic carbocycles. The summed E-state index contributed by atoms with van der Waals surface area (Å²) >= 11 is 0. The van der Waals surface area contributed by atoms with Gasteiger partial charge in [-0.25, -0.2) is 13.1 Å². The van der Waals surface area contributed by atoms with E-state index in [0.717, 1.165) is 17.7 Å². The minimum Gasteiger partial charge on any atom is -0.448 e. The average Bonchev–Trinajstić information content (AvgIpc) is 2.96. The maximum absolute atomic E-state index is 13.0. The summed E-state index contributed by atoms with van der Waals surface area (Å²) in [5, 5.41) is -0.246. The molecule has 1 atom stereocenters. The van der Waals surface area contributed by atoms with Gasteiger partial charge in [-0.3, -0.25) is 4.79 Å². The first-order valence-corrected chi connectivity index (χ1v) is 9.25. The third-order valence-corrected chi connectivity index (χ3v) is 5.52. The monoisotopic (exact) mass is 348 g/mol. The first-order valence-electron chi connectivity index (χ1n) is 7.77. The van der Waals surface area contributed by atoms with Gasteiger partial charge in [-0.1, -0.05) is 25.1 Å². The molecule has 1 amide bonds. The van der Waals surface area contributed by atoms with Crippen LogP contribution in [0.1, 0.15) is 28.6 Å². The van der Waals surface area contributed by atoms with E-state index in [1.807, 2.05) is 24.3 Å². The third-order valence-electron chi connectivity index (χ3n) is 4.25. The Hall–Kier alpha value is -2.12. The topological polar surface area (TPSA) is 79.6 Å². The number of aryl methyl sites for hydroxylation is 1. The van der Waals surface area contributed by atoms with Gasteiger partial charge in [-0.2, -0.15) is 0 Å². The molecule has 6 nitrogen and oxygen atoms in total. The van der Waals surface area contributed by atoms with Crippen LogP contribution in [0.5, 0.6) is 0 Å². The first kappa shape index (κ1) is 16.7. The van der Waals surface area contributed by atoms with Gasteiger partial charge < -0.3 is 9.32 Å². The van der Waals surface area contributed by atoms with E-state index in [9.17, 15) is 13.2 Å². The number of hydrogen-bond donors (Lipinski definition) is 1. The molecule has 0 saturated carbocycles. The van der Waals surface area contributed by atoms with Crippen LogP contribution in [0.25, 0.3) is 0 Å². The van der Waals surface area contributed by atoms with E-state index < -0.39 is 10.0 Å². The van der Waals surface area contributed by atoms with Crippen LogP contribution in [0.2, 0.25) is 0 Å². The second kappa shape index (κ2) is 6.07. The normalized spacial score (nSPS) is 17.6. The van der Waals surface area contributed by atoms with Crippen LogP contribution in [-0.2, 0) is 16.4 Å². The lowest BCUT2D eigenvalue weighted by Crippen LogP contribution is -2.39. The molecule has 1 aliphatic heterocycles. The Labute approximate surface area is 141 Å². The molecule has 3 rings (SSSR count). The number of nitrogens with zero attached hydrogens (tertiary/aromatic N) is 1. The number of nitrogens with one attached hydrogen (secondary N) is 1. The molecule has 1 unspecified atom stereocenters. The predicted molar refractivity (Wildman–Crippen MR) is 90.7 cm³/mol. The number of amides is 1. The summed E-state index contributed by atoms with van der Waals surface area (Å²) < 4.78 is 31.3. The van der Waals surface area contributed by atoms with Crippen LogP contribution >= 0.6 is 0 Å². The summed E-state index contributed by atoms with van der Waals surface area (Å²) in [5.74, 6) is 0.383. The summed E-state index contributed by atoms with van der Waals surface area (Å²) in [6.07, 6.45) is 0.920. The Balaban J connectivity index is 2.02. The number of sulfonamides is 1. The molecule has 2 aromatic rings. The zero-order chi connectivity index (χ0) is 17.5. The van der Waals surface area contributed by atoms with Gasteiger partial charge in [-0.15, -0.1) is 0 Å². The van der Waals surface area contributed by atoms with E-state index in [0.29, 0.717) is 18.2 Å². The molecule has 128 valence electrons. The fourth-order valence-electron chi connectivity index (χ4n) is 3.03. The number of fused-ring (bicyclic) bond motifs is 1. The number of hydrogen-bond acceptors (Lipinski definition) is 4. The summed E-state index contributed by atoms with van der Waals surface area (Å²) in [4.78, 5) is 14.7. The van der Waals surface area contributed by atoms with Crippen molar-refractivity contribution in [3.8, 4) is 0 Å². The van der Waals surface area contributed by atoms with Gasteiger partial charge >= 0.3 is 0 Å². The second-order valence-corrected chi connectivity index (χ2v) is 7.91. The van der Waals surface area contributed by atoms with Gasteiger partial charge in [0, 0.05) is 18.3 Å². The van der Waals surface area contributed by atoms with Crippen LogP contribution in [0.3, 0.4) is 0 Å². The Morgan fingerprint density at radius 3 is 2.75 bits per heavy atom. The van der Waals surface area contributed by atoms with E-state index >= 15 is 0 Å². The molecule has 0 spiro atoms. The third kappa shape index (κ3) is 2.85. The molecule has 1 aromatic carbocycles. The van der Waals surface area contributed by atoms with E-state index in [1.165, 1.54) is 13.1 Å². The number of carbonyl (C=O) groups is 1. The van der Waals surface area contributed by atoms with Crippen molar-refractivity contribution in [3.63, 3.8) is 0 Å². The predicted octanol–water partition coefficient (Wildman–Crippen LogP) is 2.34. The lowest BCUT2D eigenvalue weighted by Gasteiger charge is -2.33. The molecule has 7 heteroatoms. The highest BCUT2D eigenvalue weighted by molar-refractivity contribution is 7.89. The van der Waals surface area contributed by atoms with Crippen molar-refractivity contribution >= 4 is 21.6 Å². The van der Waals surface area contributed by atoms with Gasteiger partial charge in [0.25, 0.3) is 15.9 Å². The Morgan fingerprint density at radius 2 is 2.04 bits per heavy atom. The summed E-state index contributed by atoms with van der Waals surface area (Å²) in [6, 6.07) is 9.09. The molecular formula is C17H20N2O4S. The largest absolute Gasteiger partial charge is 0.448 e. The summed E-state index contributed by atoms with van der Waals surface area (Å²) in [5.41, 5.74) is 2.26. The first-order chi connectivity index (χ1) is 11.3. The number of carbonyl (C=O) groups excluding carboxylic acids is 1. The number of anilines is 1. The molecule has 0 saturated heterocycles. The minimum atomic E-state index is -3.72. The van der Waals surface area contributed by atoms with E-state index in [-0.39, 0.29) is 16.6 Å². The lowest BCUT2D eigenvalue weighted by molar-refractivity contribution is 0.0979. The average molecular weight is 348 g/mol. The number of furan rings is 1. The molecule has 0 radical (unpaired) electrons. The number of rotatable bonds is 3. The van der Waals surface area contributed by atoms with E-state index in [2.05, 4.69) is 11.6 Å². The zero-order valence-electron chi connectivity index (χ0n) is 13.9. The van der Waals surface area contributed by atoms with Gasteiger partial charge in [0.05, 0.1) is 5.56 Å². The number of benzene rings is 1. The van der Waals surface area contributed by atoms with Crippen molar-refractivity contribution in [2.24, 2.45) is 5.92 Å². The van der Waals surface area contributed by atoms with Crippen molar-refractivity contribution < 1.29 is 17.6 Å². The highest BCUT2D eigenvalue weighted by Gasteiger charge is 2.30. The van der Waals surface area contributed by atoms with Crippen LogP contribution in [0, 0.1) is 12.8 Å². The lowest BCUT2D eigenvalue weighted by atomic mass is 9.93. The van der Waals surface area contributed by atoms with Crippen molar-refractivity contribution in [1.29, 1.82) is 0 Å². The zero-order valence-corrected chi connectivity index (χ0v) is 14.7. The quantitative estimate of drug-likeness (QED) is 0.923. The van der Waals surface area contributed by atoms with Gasteiger partial charge in [0.1, 0.15) is 5.76 Å². The SMILES string of the molecule is CNS(=O)(=O)c1cc(C(=O)N2CC(C)Cc3ccccc32)c(C)o1. The maximum Gasteiger partial charge on any atom is 0.273 e. The molecule has 0 fully saturated rings. The van der Waals surface area contributed by atoms with Gasteiger partial charge in [0.2, 0.25) is 5.09 Å². The maximum atomic E-state index is 13.0. The van der Waals surface area contributed by atoms with E-state index in [1.54, 1.807) is 11.8 Å². The molecule has 1 aliphatic rings. The van der Waals surface area contributed by atoms with Crippen LogP contribution < -0.4 is 9.62 Å². The van der Waals surface area contributed by atoms with Crippen LogP contribution in [-0.4, -0.2) is 27.9 Å². The highest BCUT2D eigenvalue weighted by atomic mass is 32.2. The Kier molecular flexibility index (Phi) is 4.23. The van der Waals surface area contributed by atoms with Gasteiger partial charge in [-0.05, 0) is 37.9 Å². The van der Waals surface area contributed by atoms with Crippen LogP contribution in [0.15, 0.2) is 39.8 Å². The molecule has 1 aromatic heterocycles. The molecule has 0 bridgehead atoms. The van der Waals surface area contributed by atoms with Crippen molar-refractivity contribution in [2.75, 3.05) is 18.5 Å². The Bertz CT molecular complexity index is 886. The molecule has 2 heterocycles. The molecule has 24 heavy (non-hydrogen) atoms. The number of para-hydroxylation sites is 1. The fourth-order valence-corrected chi connectivity index (χ4v) is 3.74. The second-order valence-electron chi connectivity index (χ2n) is 6.10. The highest BCUT2D eigenvalue weighted by Crippen LogP contribution is 2.31. The molecule has 1 N–H and O–H groups in total. The minimum absolute atomic E-state index is 0.243. The van der Waals surface area contributed by atoms with Crippen molar-refractivity contribution in [3.05, 3.63) is 47.2 Å².